The average molecular weight is 185 g/mol. The number of nitrogens with one attached hydrogen (secondary N) is 2. The van der Waals surface area contributed by atoms with Gasteiger partial charge in [-0.1, -0.05) is 18.2 Å². The van der Waals surface area contributed by atoms with Crippen LogP contribution in [0.1, 0.15) is 19.3 Å². The average Bonchev–Trinajstić information content (AvgIpc) is 2.32. The molecular formula is C7H11N3OS. The van der Waals surface area contributed by atoms with Crippen LogP contribution in [0.5, 0.6) is 0 Å². The second-order valence-electron chi connectivity index (χ2n) is 3.09. The molecule has 0 bridgehead atoms. The number of thioether (sulfide) groups is 1. The minimum absolute atomic E-state index is 0.217. The Kier molecular flexibility index (Phi) is 2.21. The number of aromatic nitrogens is 3. The highest BCUT2D eigenvalue weighted by Crippen LogP contribution is 2.30. The van der Waals surface area contributed by atoms with E-state index in [1.165, 1.54) is 19.3 Å². The van der Waals surface area contributed by atoms with Crippen LogP contribution in [0.25, 0.3) is 0 Å². The first-order valence-electron chi connectivity index (χ1n) is 4.12. The summed E-state index contributed by atoms with van der Waals surface area (Å²) in [5, 5.41) is 6.88. The van der Waals surface area contributed by atoms with Gasteiger partial charge in [0.15, 0.2) is 5.16 Å². The molecule has 4 nitrogen and oxygen atoms in total. The summed E-state index contributed by atoms with van der Waals surface area (Å²) < 4.78 is 0. The number of hydrogen-bond acceptors (Lipinski definition) is 3. The van der Waals surface area contributed by atoms with Gasteiger partial charge in [0.1, 0.15) is 0 Å². The highest BCUT2D eigenvalue weighted by Gasteiger charge is 2.17. The van der Waals surface area contributed by atoms with Gasteiger partial charge in [0, 0.05) is 5.75 Å². The standard InChI is InChI=1S/C7H11N3OS/c11-6-8-7(10-9-6)12-4-5-2-1-3-5/h5H,1-4H2,(H2,8,9,10,11). The molecule has 1 aromatic heterocycles. The van der Waals surface area contributed by atoms with Gasteiger partial charge in [-0.15, -0.1) is 5.10 Å². The highest BCUT2D eigenvalue weighted by molar-refractivity contribution is 7.99. The summed E-state index contributed by atoms with van der Waals surface area (Å²) in [5.74, 6) is 1.93. The molecule has 0 saturated heterocycles. The molecule has 0 aliphatic heterocycles. The van der Waals surface area contributed by atoms with Crippen LogP contribution < -0.4 is 5.69 Å². The Morgan fingerprint density at radius 1 is 1.58 bits per heavy atom. The normalized spacial score (nSPS) is 17.7. The smallest absolute Gasteiger partial charge is 0.284 e. The van der Waals surface area contributed by atoms with Crippen LogP contribution in [0.3, 0.4) is 0 Å². The Labute approximate surface area is 74.2 Å². The molecule has 2 N–H and O–H groups in total. The van der Waals surface area contributed by atoms with Gasteiger partial charge in [0.05, 0.1) is 0 Å². The lowest BCUT2D eigenvalue weighted by Crippen LogP contribution is -2.13. The van der Waals surface area contributed by atoms with E-state index in [0.717, 1.165) is 11.7 Å². The van der Waals surface area contributed by atoms with Crippen molar-refractivity contribution in [2.24, 2.45) is 5.92 Å². The van der Waals surface area contributed by atoms with E-state index in [-0.39, 0.29) is 5.69 Å². The molecule has 1 aliphatic carbocycles. The summed E-state index contributed by atoms with van der Waals surface area (Å²) in [6.07, 6.45) is 4.03. The molecule has 0 radical (unpaired) electrons. The van der Waals surface area contributed by atoms with Gasteiger partial charge in [-0.3, -0.25) is 4.98 Å². The van der Waals surface area contributed by atoms with Crippen molar-refractivity contribution >= 4 is 11.8 Å². The molecule has 0 aromatic carbocycles. The molecule has 5 heteroatoms. The van der Waals surface area contributed by atoms with Gasteiger partial charge in [0.25, 0.3) is 0 Å². The third kappa shape index (κ3) is 1.72. The molecule has 1 heterocycles. The van der Waals surface area contributed by atoms with Crippen molar-refractivity contribution in [1.82, 2.24) is 15.2 Å². The zero-order valence-electron chi connectivity index (χ0n) is 6.67. The van der Waals surface area contributed by atoms with E-state index < -0.39 is 0 Å². The third-order valence-corrected chi connectivity index (χ3v) is 3.26. The van der Waals surface area contributed by atoms with Crippen LogP contribution >= 0.6 is 11.8 Å². The molecule has 66 valence electrons. The molecule has 1 aromatic rings. The lowest BCUT2D eigenvalue weighted by atomic mass is 9.87. The maximum Gasteiger partial charge on any atom is 0.341 e. The minimum atomic E-state index is -0.217. The van der Waals surface area contributed by atoms with Gasteiger partial charge in [-0.05, 0) is 18.8 Å². The van der Waals surface area contributed by atoms with Crippen LogP contribution in [0.15, 0.2) is 9.95 Å². The Bertz CT molecular complexity index is 302. The van der Waals surface area contributed by atoms with E-state index in [4.69, 9.17) is 0 Å². The Balaban J connectivity index is 1.82. The second-order valence-corrected chi connectivity index (χ2v) is 4.10. The second kappa shape index (κ2) is 3.35. The fraction of sp³-hybridized carbons (Fsp3) is 0.714. The molecule has 0 amide bonds. The first-order valence-corrected chi connectivity index (χ1v) is 5.10. The summed E-state index contributed by atoms with van der Waals surface area (Å²) in [6.45, 7) is 0. The van der Waals surface area contributed by atoms with Crippen molar-refractivity contribution in [3.05, 3.63) is 10.5 Å². The van der Waals surface area contributed by atoms with Crippen molar-refractivity contribution in [2.45, 2.75) is 24.4 Å². The molecular weight excluding hydrogens is 174 g/mol. The lowest BCUT2D eigenvalue weighted by Gasteiger charge is -2.23. The minimum Gasteiger partial charge on any atom is -0.284 e. The van der Waals surface area contributed by atoms with E-state index in [1.807, 2.05) is 0 Å². The van der Waals surface area contributed by atoms with Crippen LogP contribution in [0.4, 0.5) is 0 Å². The van der Waals surface area contributed by atoms with Gasteiger partial charge < -0.3 is 0 Å². The fourth-order valence-electron chi connectivity index (χ4n) is 1.18. The third-order valence-electron chi connectivity index (χ3n) is 2.16. The van der Waals surface area contributed by atoms with Crippen molar-refractivity contribution < 1.29 is 0 Å². The molecule has 12 heavy (non-hydrogen) atoms. The van der Waals surface area contributed by atoms with Crippen LogP contribution in [-0.4, -0.2) is 20.9 Å². The monoisotopic (exact) mass is 185 g/mol. The molecule has 0 spiro atoms. The van der Waals surface area contributed by atoms with Gasteiger partial charge in [-0.25, -0.2) is 9.89 Å². The van der Waals surface area contributed by atoms with E-state index in [2.05, 4.69) is 15.2 Å². The first-order chi connectivity index (χ1) is 5.84. The van der Waals surface area contributed by atoms with Crippen molar-refractivity contribution in [3.63, 3.8) is 0 Å². The number of rotatable bonds is 3. The predicted molar refractivity (Wildman–Crippen MR) is 47.3 cm³/mol. The van der Waals surface area contributed by atoms with E-state index in [0.29, 0.717) is 5.16 Å². The number of aromatic amines is 2. The maximum absolute atomic E-state index is 10.6. The van der Waals surface area contributed by atoms with Crippen molar-refractivity contribution in [2.75, 3.05) is 5.75 Å². The molecule has 1 aliphatic rings. The maximum atomic E-state index is 10.6. The molecule has 1 saturated carbocycles. The van der Waals surface area contributed by atoms with E-state index >= 15 is 0 Å². The topological polar surface area (TPSA) is 61.5 Å². The molecule has 1 fully saturated rings. The lowest BCUT2D eigenvalue weighted by molar-refractivity contribution is 0.353. The van der Waals surface area contributed by atoms with Crippen molar-refractivity contribution in [1.29, 1.82) is 0 Å². The van der Waals surface area contributed by atoms with E-state index in [1.54, 1.807) is 11.8 Å². The van der Waals surface area contributed by atoms with Gasteiger partial charge in [-0.2, -0.15) is 0 Å². The Morgan fingerprint density at radius 2 is 2.42 bits per heavy atom. The molecule has 0 unspecified atom stereocenters. The summed E-state index contributed by atoms with van der Waals surface area (Å²) in [6, 6.07) is 0. The van der Waals surface area contributed by atoms with Gasteiger partial charge in [0.2, 0.25) is 0 Å². The highest BCUT2D eigenvalue weighted by atomic mass is 32.2. The van der Waals surface area contributed by atoms with Crippen LogP contribution in [-0.2, 0) is 0 Å². The zero-order chi connectivity index (χ0) is 8.39. The summed E-state index contributed by atoms with van der Waals surface area (Å²) in [7, 11) is 0. The number of hydrogen-bond donors (Lipinski definition) is 2. The largest absolute Gasteiger partial charge is 0.341 e. The van der Waals surface area contributed by atoms with E-state index in [9.17, 15) is 4.79 Å². The quantitative estimate of drug-likeness (QED) is 0.690. The van der Waals surface area contributed by atoms with Crippen LogP contribution in [0, 0.1) is 5.92 Å². The summed E-state index contributed by atoms with van der Waals surface area (Å²) >= 11 is 1.63. The SMILES string of the molecule is O=c1[nH]nc(SCC2CCC2)[nH]1. The first kappa shape index (κ1) is 7.91. The van der Waals surface area contributed by atoms with Gasteiger partial charge >= 0.3 is 5.69 Å². The molecule has 2 rings (SSSR count). The Morgan fingerprint density at radius 3 is 2.92 bits per heavy atom. The summed E-state index contributed by atoms with van der Waals surface area (Å²) in [5.41, 5.74) is -0.217. The fourth-order valence-corrected chi connectivity index (χ4v) is 2.18. The van der Waals surface area contributed by atoms with Crippen molar-refractivity contribution in [3.8, 4) is 0 Å². The van der Waals surface area contributed by atoms with Crippen LogP contribution in [0.2, 0.25) is 0 Å². The zero-order valence-corrected chi connectivity index (χ0v) is 7.49. The number of nitrogens with zero attached hydrogens (tertiary/aromatic N) is 1. The predicted octanol–water partition coefficient (Wildman–Crippen LogP) is 0.990. The summed E-state index contributed by atoms with van der Waals surface area (Å²) in [4.78, 5) is 13.3. The Hall–Kier alpha value is -0.710. The number of H-pyrrole nitrogens is 2. The molecule has 0 atom stereocenters.